The van der Waals surface area contributed by atoms with Crippen molar-refractivity contribution in [3.05, 3.63) is 41.3 Å². The number of thiophene rings is 1. The van der Waals surface area contributed by atoms with Gasteiger partial charge < -0.3 is 14.8 Å². The van der Waals surface area contributed by atoms with Crippen molar-refractivity contribution < 1.29 is 19.1 Å². The third-order valence-corrected chi connectivity index (χ3v) is 8.95. The molecule has 178 valence electrons. The second kappa shape index (κ2) is 9.88. The summed E-state index contributed by atoms with van der Waals surface area (Å²) in [6.45, 7) is 4.71. The number of rotatable bonds is 9. The summed E-state index contributed by atoms with van der Waals surface area (Å²) in [5.74, 6) is 2.33. The first-order chi connectivity index (χ1) is 15.8. The van der Waals surface area contributed by atoms with E-state index in [9.17, 15) is 9.59 Å². The molecule has 1 aromatic carbocycles. The van der Waals surface area contributed by atoms with Crippen molar-refractivity contribution >= 4 is 33.3 Å². The zero-order chi connectivity index (χ0) is 23.6. The fourth-order valence-electron chi connectivity index (χ4n) is 5.76. The number of esters is 1. The monoisotopic (exact) mass is 469 g/mol. The number of hydrogen-bond acceptors (Lipinski definition) is 5. The topological polar surface area (TPSA) is 64.6 Å². The number of ether oxygens (including phenoxy) is 2. The van der Waals surface area contributed by atoms with E-state index in [2.05, 4.69) is 31.3 Å². The summed E-state index contributed by atoms with van der Waals surface area (Å²) in [6, 6.07) is 6.09. The quantitative estimate of drug-likeness (QED) is 0.279. The highest BCUT2D eigenvalue weighted by Crippen LogP contribution is 2.61. The molecule has 2 bridgehead atoms. The lowest BCUT2D eigenvalue weighted by molar-refractivity contribution is -0.140. The molecule has 1 heterocycles. The van der Waals surface area contributed by atoms with E-state index in [0.29, 0.717) is 18.3 Å². The number of nitrogens with one attached hydrogen (secondary N) is 1. The molecule has 3 fully saturated rings. The Labute approximate surface area is 200 Å². The van der Waals surface area contributed by atoms with Crippen molar-refractivity contribution in [2.24, 2.45) is 23.2 Å². The maximum atomic E-state index is 13.4. The van der Waals surface area contributed by atoms with Gasteiger partial charge in [0.1, 0.15) is 5.75 Å². The molecule has 0 aliphatic heterocycles. The highest BCUT2D eigenvalue weighted by atomic mass is 32.1. The molecule has 0 unspecified atom stereocenters. The zero-order valence-electron chi connectivity index (χ0n) is 20.1. The highest BCUT2D eigenvalue weighted by Gasteiger charge is 2.57. The normalized spacial score (nSPS) is 25.6. The molecular formula is C27H35NO4S. The predicted molar refractivity (Wildman–Crippen MR) is 133 cm³/mol. The van der Waals surface area contributed by atoms with Crippen LogP contribution in [0.3, 0.4) is 0 Å². The molecule has 2 aromatic rings. The maximum absolute atomic E-state index is 13.4. The highest BCUT2D eigenvalue weighted by molar-refractivity contribution is 7.17. The third kappa shape index (κ3) is 4.81. The first kappa shape index (κ1) is 23.8. The molecule has 0 spiro atoms. The number of fused-ring (bicyclic) bond motifs is 3. The Kier molecular flexibility index (Phi) is 7.13. The number of methoxy groups -OCH3 is 2. The van der Waals surface area contributed by atoms with E-state index >= 15 is 0 Å². The summed E-state index contributed by atoms with van der Waals surface area (Å²) >= 11 is 1.60. The number of unbranched alkanes of at least 4 members (excludes halogenated alkanes) is 1. The maximum Gasteiger partial charge on any atom is 0.305 e. The Morgan fingerprint density at radius 3 is 2.76 bits per heavy atom. The summed E-state index contributed by atoms with van der Waals surface area (Å²) in [5, 5.41) is 6.37. The van der Waals surface area contributed by atoms with Gasteiger partial charge >= 0.3 is 5.97 Å². The molecule has 3 aliphatic carbocycles. The summed E-state index contributed by atoms with van der Waals surface area (Å²) in [4.78, 5) is 24.7. The predicted octanol–water partition coefficient (Wildman–Crippen LogP) is 5.98. The van der Waals surface area contributed by atoms with Crippen LogP contribution in [-0.4, -0.2) is 32.1 Å². The fraction of sp³-hybridized carbons (Fsp3) is 0.556. The van der Waals surface area contributed by atoms with Gasteiger partial charge in [-0.1, -0.05) is 26.0 Å². The molecular weight excluding hydrogens is 434 g/mol. The molecule has 0 radical (unpaired) electrons. The molecule has 33 heavy (non-hydrogen) atoms. The summed E-state index contributed by atoms with van der Waals surface area (Å²) in [7, 11) is 3.08. The Morgan fingerprint density at radius 2 is 2.03 bits per heavy atom. The molecule has 6 heteroatoms. The van der Waals surface area contributed by atoms with Gasteiger partial charge in [0.25, 0.3) is 5.91 Å². The van der Waals surface area contributed by atoms with Gasteiger partial charge in [-0.15, -0.1) is 11.3 Å². The Morgan fingerprint density at radius 1 is 1.21 bits per heavy atom. The number of benzene rings is 1. The van der Waals surface area contributed by atoms with Crippen molar-refractivity contribution in [2.45, 2.75) is 58.4 Å². The molecule has 3 saturated carbocycles. The van der Waals surface area contributed by atoms with Gasteiger partial charge in [-0.25, -0.2) is 0 Å². The fourth-order valence-corrected chi connectivity index (χ4v) is 6.68. The Bertz CT molecular complexity index is 1040. The van der Waals surface area contributed by atoms with E-state index in [1.165, 1.54) is 13.5 Å². The number of carbonyl (C=O) groups excluding carboxylic acids is 2. The average Bonchev–Trinajstić information content (AvgIpc) is 3.24. The van der Waals surface area contributed by atoms with Gasteiger partial charge in [-0.2, -0.15) is 0 Å². The molecule has 1 N–H and O–H groups in total. The van der Waals surface area contributed by atoms with Crippen LogP contribution in [-0.2, 0) is 9.53 Å². The van der Waals surface area contributed by atoms with Gasteiger partial charge in [-0.3, -0.25) is 9.59 Å². The minimum Gasteiger partial charge on any atom is -0.497 e. The van der Waals surface area contributed by atoms with Crippen LogP contribution in [0.2, 0.25) is 0 Å². The molecule has 0 saturated heterocycles. The van der Waals surface area contributed by atoms with Crippen LogP contribution in [0.4, 0.5) is 0 Å². The molecule has 1 aromatic heterocycles. The molecule has 4 atom stereocenters. The van der Waals surface area contributed by atoms with Gasteiger partial charge in [0, 0.05) is 27.9 Å². The van der Waals surface area contributed by atoms with E-state index in [1.54, 1.807) is 18.4 Å². The van der Waals surface area contributed by atoms with Crippen LogP contribution in [0.5, 0.6) is 5.75 Å². The van der Waals surface area contributed by atoms with E-state index < -0.39 is 0 Å². The second-order valence-corrected chi connectivity index (χ2v) is 11.0. The first-order valence-electron chi connectivity index (χ1n) is 11.9. The van der Waals surface area contributed by atoms with E-state index in [1.807, 2.05) is 23.6 Å². The van der Waals surface area contributed by atoms with Crippen molar-refractivity contribution in [3.8, 4) is 5.75 Å². The van der Waals surface area contributed by atoms with Gasteiger partial charge in [0.05, 0.1) is 19.8 Å². The second-order valence-electron chi connectivity index (χ2n) is 10.0. The summed E-state index contributed by atoms with van der Waals surface area (Å²) in [5.41, 5.74) is 1.02. The van der Waals surface area contributed by atoms with Gasteiger partial charge in [0.15, 0.2) is 0 Å². The summed E-state index contributed by atoms with van der Waals surface area (Å²) < 4.78 is 11.2. The SMILES string of the molecule is COC(=O)CCC/C=C\C[C@H]1C[C@H]2C[C@@H]([C@@H]1NC(=O)c1csc3ccc(OC)cc13)C2(C)C. The van der Waals surface area contributed by atoms with Crippen LogP contribution in [0.25, 0.3) is 10.1 Å². The summed E-state index contributed by atoms with van der Waals surface area (Å²) in [6.07, 6.45) is 9.87. The van der Waals surface area contributed by atoms with Crippen molar-refractivity contribution in [3.63, 3.8) is 0 Å². The van der Waals surface area contributed by atoms with E-state index in [-0.39, 0.29) is 23.3 Å². The Balaban J connectivity index is 1.44. The lowest BCUT2D eigenvalue weighted by atomic mass is 9.44. The van der Waals surface area contributed by atoms with E-state index in [0.717, 1.165) is 53.0 Å². The van der Waals surface area contributed by atoms with Gasteiger partial charge in [0.2, 0.25) is 0 Å². The van der Waals surface area contributed by atoms with Crippen LogP contribution in [0, 0.1) is 23.2 Å². The minimum absolute atomic E-state index is 0.0210. The molecule has 5 rings (SSSR count). The minimum atomic E-state index is -0.153. The standard InChI is InChI=1S/C27H35NO4S/c1-27(2)18-13-17(9-7-5-6-8-10-24(29)32-4)25(22(27)14-18)28-26(30)21-16-33-23-12-11-19(31-3)15-20(21)23/h5,7,11-12,15-18,22,25H,6,8-10,13-14H2,1-4H3,(H,28,30)/b7-5-/t17-,18-,22-,25+/m0/s1. The van der Waals surface area contributed by atoms with Crippen molar-refractivity contribution in [1.82, 2.24) is 5.32 Å². The van der Waals surface area contributed by atoms with Crippen molar-refractivity contribution in [2.75, 3.05) is 14.2 Å². The average molecular weight is 470 g/mol. The number of amides is 1. The molecule has 1 amide bonds. The molecule has 3 aliphatic rings. The lowest BCUT2D eigenvalue weighted by Gasteiger charge is -2.62. The Hall–Kier alpha value is -2.34. The first-order valence-corrected chi connectivity index (χ1v) is 12.8. The third-order valence-electron chi connectivity index (χ3n) is 7.98. The zero-order valence-corrected chi connectivity index (χ0v) is 20.9. The van der Waals surface area contributed by atoms with Crippen LogP contribution >= 0.6 is 11.3 Å². The largest absolute Gasteiger partial charge is 0.497 e. The van der Waals surface area contributed by atoms with Crippen LogP contribution < -0.4 is 10.1 Å². The molecule has 5 nitrogen and oxygen atoms in total. The van der Waals surface area contributed by atoms with Gasteiger partial charge in [-0.05, 0) is 73.5 Å². The van der Waals surface area contributed by atoms with E-state index in [4.69, 9.17) is 9.47 Å². The van der Waals surface area contributed by atoms with Crippen LogP contribution in [0.15, 0.2) is 35.7 Å². The van der Waals surface area contributed by atoms with Crippen LogP contribution in [0.1, 0.15) is 62.7 Å². The smallest absolute Gasteiger partial charge is 0.305 e. The number of carbonyl (C=O) groups is 2. The number of allylic oxidation sites excluding steroid dienone is 2. The lowest BCUT2D eigenvalue weighted by Crippen LogP contribution is -2.63. The van der Waals surface area contributed by atoms with Crippen molar-refractivity contribution in [1.29, 1.82) is 0 Å². The number of hydrogen-bond donors (Lipinski definition) is 1.